The molecule has 0 aliphatic rings. The molecule has 5 heteroatoms. The molecule has 0 unspecified atom stereocenters. The molecule has 0 atom stereocenters. The summed E-state index contributed by atoms with van der Waals surface area (Å²) in [6, 6.07) is 0. The van der Waals surface area contributed by atoms with Gasteiger partial charge in [-0.15, -0.1) is 0 Å². The number of carbonyl (C=O) groups is 2. The van der Waals surface area contributed by atoms with E-state index in [0.29, 0.717) is 6.54 Å². The maximum Gasteiger partial charge on any atom is 0.306 e. The lowest BCUT2D eigenvalue weighted by atomic mass is 10.1. The highest BCUT2D eigenvalue weighted by Gasteiger charge is 2.19. The molecular formula is C13H25NO4. The van der Waals surface area contributed by atoms with Gasteiger partial charge in [0.05, 0.1) is 12.0 Å². The fourth-order valence-electron chi connectivity index (χ4n) is 1.08. The van der Waals surface area contributed by atoms with E-state index >= 15 is 0 Å². The van der Waals surface area contributed by atoms with Crippen LogP contribution in [0.4, 0.5) is 0 Å². The molecule has 0 aromatic rings. The van der Waals surface area contributed by atoms with Crippen LogP contribution in [-0.4, -0.2) is 36.7 Å². The van der Waals surface area contributed by atoms with Gasteiger partial charge in [0.1, 0.15) is 5.60 Å². The van der Waals surface area contributed by atoms with Crippen molar-refractivity contribution < 1.29 is 19.1 Å². The third-order valence-corrected chi connectivity index (χ3v) is 2.24. The maximum absolute atomic E-state index is 11.5. The number of hydrogen-bond acceptors (Lipinski definition) is 4. The Labute approximate surface area is 109 Å². The largest absolute Gasteiger partial charge is 0.460 e. The van der Waals surface area contributed by atoms with Crippen LogP contribution < -0.4 is 5.32 Å². The molecule has 0 aliphatic heterocycles. The SMILES string of the molecule is COC(C)(C)CNC(=O)CCC(=O)OC(C)(C)C. The molecule has 5 nitrogen and oxygen atoms in total. The molecule has 0 heterocycles. The minimum absolute atomic E-state index is 0.0938. The molecule has 0 saturated carbocycles. The van der Waals surface area contributed by atoms with Crippen LogP contribution in [0.2, 0.25) is 0 Å². The molecule has 0 aromatic carbocycles. The van der Waals surface area contributed by atoms with Gasteiger partial charge in [-0.1, -0.05) is 0 Å². The van der Waals surface area contributed by atoms with Crippen molar-refractivity contribution in [1.82, 2.24) is 5.32 Å². The third-order valence-electron chi connectivity index (χ3n) is 2.24. The van der Waals surface area contributed by atoms with E-state index < -0.39 is 11.2 Å². The Kier molecular flexibility index (Phi) is 6.32. The highest BCUT2D eigenvalue weighted by molar-refractivity contribution is 5.81. The summed E-state index contributed by atoms with van der Waals surface area (Å²) in [7, 11) is 1.59. The average molecular weight is 259 g/mol. The Morgan fingerprint density at radius 3 is 2.06 bits per heavy atom. The van der Waals surface area contributed by atoms with E-state index in [1.807, 2.05) is 13.8 Å². The van der Waals surface area contributed by atoms with Gasteiger partial charge in [0.2, 0.25) is 5.91 Å². The van der Waals surface area contributed by atoms with E-state index in [9.17, 15) is 9.59 Å². The van der Waals surface area contributed by atoms with Crippen molar-refractivity contribution in [2.45, 2.75) is 58.7 Å². The van der Waals surface area contributed by atoms with Crippen LogP contribution in [0.25, 0.3) is 0 Å². The van der Waals surface area contributed by atoms with Crippen molar-refractivity contribution in [1.29, 1.82) is 0 Å². The third kappa shape index (κ3) is 8.98. The minimum Gasteiger partial charge on any atom is -0.460 e. The molecule has 1 N–H and O–H groups in total. The Morgan fingerprint density at radius 1 is 1.06 bits per heavy atom. The lowest BCUT2D eigenvalue weighted by molar-refractivity contribution is -0.155. The van der Waals surface area contributed by atoms with Gasteiger partial charge >= 0.3 is 5.97 Å². The van der Waals surface area contributed by atoms with Gasteiger partial charge in [0.15, 0.2) is 0 Å². The van der Waals surface area contributed by atoms with Crippen molar-refractivity contribution in [3.05, 3.63) is 0 Å². The second kappa shape index (κ2) is 6.73. The van der Waals surface area contributed by atoms with Gasteiger partial charge in [0.25, 0.3) is 0 Å². The predicted octanol–water partition coefficient (Wildman–Crippen LogP) is 1.65. The van der Waals surface area contributed by atoms with E-state index in [-0.39, 0.29) is 24.7 Å². The van der Waals surface area contributed by atoms with Crippen LogP contribution in [0.5, 0.6) is 0 Å². The number of esters is 1. The predicted molar refractivity (Wildman–Crippen MR) is 69.2 cm³/mol. The first kappa shape index (κ1) is 16.9. The molecule has 0 aliphatic carbocycles. The summed E-state index contributed by atoms with van der Waals surface area (Å²) in [5.41, 5.74) is -0.910. The lowest BCUT2D eigenvalue weighted by Gasteiger charge is -2.23. The number of carbonyl (C=O) groups excluding carboxylic acids is 2. The van der Waals surface area contributed by atoms with Gasteiger partial charge in [0, 0.05) is 20.1 Å². The van der Waals surface area contributed by atoms with Gasteiger partial charge in [-0.25, -0.2) is 0 Å². The number of rotatable bonds is 6. The molecule has 0 saturated heterocycles. The monoisotopic (exact) mass is 259 g/mol. The van der Waals surface area contributed by atoms with E-state index in [0.717, 1.165) is 0 Å². The normalized spacial score (nSPS) is 12.1. The average Bonchev–Trinajstić information content (AvgIpc) is 2.21. The highest BCUT2D eigenvalue weighted by atomic mass is 16.6. The first-order chi connectivity index (χ1) is 8.06. The number of methoxy groups -OCH3 is 1. The first-order valence-electron chi connectivity index (χ1n) is 6.09. The van der Waals surface area contributed by atoms with Gasteiger partial charge < -0.3 is 14.8 Å². The lowest BCUT2D eigenvalue weighted by Crippen LogP contribution is -2.39. The van der Waals surface area contributed by atoms with Crippen molar-refractivity contribution in [2.75, 3.05) is 13.7 Å². The van der Waals surface area contributed by atoms with Crippen molar-refractivity contribution in [3.8, 4) is 0 Å². The first-order valence-corrected chi connectivity index (χ1v) is 6.09. The van der Waals surface area contributed by atoms with E-state index in [4.69, 9.17) is 9.47 Å². The number of hydrogen-bond donors (Lipinski definition) is 1. The van der Waals surface area contributed by atoms with Crippen LogP contribution >= 0.6 is 0 Å². The molecule has 0 radical (unpaired) electrons. The van der Waals surface area contributed by atoms with Crippen molar-refractivity contribution >= 4 is 11.9 Å². The quantitative estimate of drug-likeness (QED) is 0.737. The molecule has 106 valence electrons. The standard InChI is InChI=1S/C13H25NO4/c1-12(2,3)18-11(16)8-7-10(15)14-9-13(4,5)17-6/h7-9H2,1-6H3,(H,14,15). The molecule has 0 bridgehead atoms. The number of ether oxygens (including phenoxy) is 2. The summed E-state index contributed by atoms with van der Waals surface area (Å²) < 4.78 is 10.3. The summed E-state index contributed by atoms with van der Waals surface area (Å²) in [5, 5.41) is 2.72. The molecule has 0 fully saturated rings. The molecule has 1 amide bonds. The summed E-state index contributed by atoms with van der Waals surface area (Å²) in [6.45, 7) is 9.56. The second-order valence-electron chi connectivity index (χ2n) is 5.83. The smallest absolute Gasteiger partial charge is 0.306 e. The Morgan fingerprint density at radius 2 is 1.61 bits per heavy atom. The Bertz CT molecular complexity index is 292. The van der Waals surface area contributed by atoms with Crippen LogP contribution in [0.3, 0.4) is 0 Å². The highest BCUT2D eigenvalue weighted by Crippen LogP contribution is 2.09. The molecule has 0 spiro atoms. The number of amides is 1. The van der Waals surface area contributed by atoms with Crippen molar-refractivity contribution in [3.63, 3.8) is 0 Å². The fourth-order valence-corrected chi connectivity index (χ4v) is 1.08. The molecular weight excluding hydrogens is 234 g/mol. The van der Waals surface area contributed by atoms with Crippen LogP contribution in [-0.2, 0) is 19.1 Å². The summed E-state index contributed by atoms with van der Waals surface area (Å²) in [4.78, 5) is 22.9. The fraction of sp³-hybridized carbons (Fsp3) is 0.846. The summed E-state index contributed by atoms with van der Waals surface area (Å²) in [6.07, 6.45) is 0.227. The van der Waals surface area contributed by atoms with Crippen LogP contribution in [0.15, 0.2) is 0 Å². The van der Waals surface area contributed by atoms with E-state index in [2.05, 4.69) is 5.32 Å². The maximum atomic E-state index is 11.5. The zero-order valence-electron chi connectivity index (χ0n) is 12.3. The second-order valence-corrected chi connectivity index (χ2v) is 5.83. The topological polar surface area (TPSA) is 64.6 Å². The summed E-state index contributed by atoms with van der Waals surface area (Å²) >= 11 is 0. The van der Waals surface area contributed by atoms with Crippen LogP contribution in [0.1, 0.15) is 47.5 Å². The number of nitrogens with one attached hydrogen (secondary N) is 1. The summed E-state index contributed by atoms with van der Waals surface area (Å²) in [5.74, 6) is -0.533. The van der Waals surface area contributed by atoms with Crippen molar-refractivity contribution in [2.24, 2.45) is 0 Å². The molecule has 0 rings (SSSR count). The molecule has 0 aromatic heterocycles. The Balaban J connectivity index is 3.88. The van der Waals surface area contributed by atoms with Gasteiger partial charge in [-0.2, -0.15) is 0 Å². The van der Waals surface area contributed by atoms with Gasteiger partial charge in [-0.3, -0.25) is 9.59 Å². The minimum atomic E-state index is -0.508. The van der Waals surface area contributed by atoms with Gasteiger partial charge in [-0.05, 0) is 34.6 Å². The zero-order chi connectivity index (χ0) is 14.4. The van der Waals surface area contributed by atoms with E-state index in [1.165, 1.54) is 0 Å². The van der Waals surface area contributed by atoms with E-state index in [1.54, 1.807) is 27.9 Å². The Hall–Kier alpha value is -1.10. The van der Waals surface area contributed by atoms with Crippen LogP contribution in [0, 0.1) is 0 Å². The zero-order valence-corrected chi connectivity index (χ0v) is 12.3. The molecule has 18 heavy (non-hydrogen) atoms.